The van der Waals surface area contributed by atoms with Crippen LogP contribution in [-0.4, -0.2) is 33.5 Å². The lowest BCUT2D eigenvalue weighted by Crippen LogP contribution is -2.51. The van der Waals surface area contributed by atoms with Crippen LogP contribution in [0.3, 0.4) is 0 Å². The topological polar surface area (TPSA) is 79.2 Å². The smallest absolute Gasteiger partial charge is 0.315 e. The molecule has 0 spiro atoms. The molecule has 6 heteroatoms. The molecule has 3 atom stereocenters. The number of hydrogen-bond donors (Lipinski definition) is 3. The summed E-state index contributed by atoms with van der Waals surface area (Å²) >= 11 is 0. The lowest BCUT2D eigenvalue weighted by Gasteiger charge is -2.35. The molecule has 22 heavy (non-hydrogen) atoms. The molecular weight excluding hydrogens is 280 g/mol. The zero-order chi connectivity index (χ0) is 16.3. The van der Waals surface area contributed by atoms with E-state index in [0.717, 1.165) is 12.8 Å². The highest BCUT2D eigenvalue weighted by molar-refractivity contribution is 5.74. The van der Waals surface area contributed by atoms with E-state index in [1.54, 1.807) is 31.0 Å². The van der Waals surface area contributed by atoms with E-state index in [2.05, 4.69) is 29.6 Å². The summed E-state index contributed by atoms with van der Waals surface area (Å²) in [7, 11) is 1.80. The summed E-state index contributed by atoms with van der Waals surface area (Å²) in [5.41, 5.74) is -0.440. The first-order valence-corrected chi connectivity index (χ1v) is 8.05. The van der Waals surface area contributed by atoms with Gasteiger partial charge in [-0.15, -0.1) is 0 Å². The minimum absolute atomic E-state index is 0.153. The van der Waals surface area contributed by atoms with Crippen LogP contribution >= 0.6 is 0 Å². The van der Waals surface area contributed by atoms with E-state index >= 15 is 0 Å². The first-order valence-electron chi connectivity index (χ1n) is 8.05. The van der Waals surface area contributed by atoms with Gasteiger partial charge in [-0.3, -0.25) is 4.68 Å². The maximum Gasteiger partial charge on any atom is 0.315 e. The zero-order valence-corrected chi connectivity index (χ0v) is 14.0. The number of rotatable bonds is 4. The van der Waals surface area contributed by atoms with Gasteiger partial charge >= 0.3 is 6.03 Å². The van der Waals surface area contributed by atoms with Gasteiger partial charge in [0.1, 0.15) is 5.60 Å². The van der Waals surface area contributed by atoms with Gasteiger partial charge in [0, 0.05) is 24.8 Å². The summed E-state index contributed by atoms with van der Waals surface area (Å²) in [6.45, 7) is 6.20. The van der Waals surface area contributed by atoms with Crippen LogP contribution in [-0.2, 0) is 12.6 Å². The molecular formula is C16H28N4O2. The van der Waals surface area contributed by atoms with Crippen LogP contribution in [0.4, 0.5) is 4.79 Å². The normalized spacial score (nSPS) is 25.5. The van der Waals surface area contributed by atoms with Crippen molar-refractivity contribution in [3.8, 4) is 0 Å². The largest absolute Gasteiger partial charge is 0.383 e. The van der Waals surface area contributed by atoms with Crippen LogP contribution in [0.15, 0.2) is 12.4 Å². The van der Waals surface area contributed by atoms with Crippen molar-refractivity contribution in [3.05, 3.63) is 18.0 Å². The van der Waals surface area contributed by atoms with Crippen molar-refractivity contribution >= 4 is 6.03 Å². The molecule has 0 unspecified atom stereocenters. The van der Waals surface area contributed by atoms with E-state index in [1.165, 1.54) is 6.42 Å². The van der Waals surface area contributed by atoms with Crippen molar-refractivity contribution in [2.45, 2.75) is 51.7 Å². The second-order valence-electron chi connectivity index (χ2n) is 6.91. The predicted molar refractivity (Wildman–Crippen MR) is 85.3 cm³/mol. The summed E-state index contributed by atoms with van der Waals surface area (Å²) in [6.07, 6.45) is 6.92. The number of aromatic nitrogens is 2. The third-order valence-corrected chi connectivity index (χ3v) is 4.76. The summed E-state index contributed by atoms with van der Waals surface area (Å²) < 4.78 is 1.63. The molecule has 1 saturated carbocycles. The summed E-state index contributed by atoms with van der Waals surface area (Å²) in [5, 5.41) is 20.4. The number of nitrogens with one attached hydrogen (secondary N) is 2. The molecule has 1 fully saturated rings. The Labute approximate surface area is 132 Å². The Morgan fingerprint density at radius 3 is 2.64 bits per heavy atom. The van der Waals surface area contributed by atoms with Gasteiger partial charge in [-0.05, 0) is 31.6 Å². The molecule has 0 saturated heterocycles. The Bertz CT molecular complexity index is 502. The summed E-state index contributed by atoms with van der Waals surface area (Å²) in [5.74, 6) is 0.988. The molecule has 2 rings (SSSR count). The molecule has 1 aliphatic rings. The highest BCUT2D eigenvalue weighted by atomic mass is 16.3. The molecule has 0 bridgehead atoms. The van der Waals surface area contributed by atoms with E-state index in [1.807, 2.05) is 0 Å². The Morgan fingerprint density at radius 2 is 2.09 bits per heavy atom. The van der Waals surface area contributed by atoms with Crippen molar-refractivity contribution in [2.75, 3.05) is 6.54 Å². The van der Waals surface area contributed by atoms with E-state index in [4.69, 9.17) is 0 Å². The van der Waals surface area contributed by atoms with Crippen molar-refractivity contribution in [2.24, 2.45) is 18.9 Å². The van der Waals surface area contributed by atoms with Gasteiger partial charge in [-0.25, -0.2) is 4.79 Å². The van der Waals surface area contributed by atoms with Gasteiger partial charge in [0.25, 0.3) is 0 Å². The lowest BCUT2D eigenvalue weighted by atomic mass is 9.79. The van der Waals surface area contributed by atoms with Gasteiger partial charge in [-0.1, -0.05) is 20.3 Å². The van der Waals surface area contributed by atoms with Crippen LogP contribution in [0, 0.1) is 11.8 Å². The number of amides is 2. The van der Waals surface area contributed by atoms with Gasteiger partial charge in [0.05, 0.1) is 12.7 Å². The lowest BCUT2D eigenvalue weighted by molar-refractivity contribution is 0.0588. The minimum atomic E-state index is -1.13. The van der Waals surface area contributed by atoms with E-state index < -0.39 is 5.60 Å². The highest BCUT2D eigenvalue weighted by Crippen LogP contribution is 2.28. The highest BCUT2D eigenvalue weighted by Gasteiger charge is 2.30. The number of nitrogens with zero attached hydrogens (tertiary/aromatic N) is 2. The summed E-state index contributed by atoms with van der Waals surface area (Å²) in [6, 6.07) is -0.00754. The number of hydrogen-bond acceptors (Lipinski definition) is 3. The molecule has 124 valence electrons. The van der Waals surface area contributed by atoms with Crippen molar-refractivity contribution in [1.82, 2.24) is 20.4 Å². The first kappa shape index (κ1) is 16.8. The molecule has 0 aromatic carbocycles. The van der Waals surface area contributed by atoms with Crippen LogP contribution < -0.4 is 10.6 Å². The number of carbonyl (C=O) groups is 1. The minimum Gasteiger partial charge on any atom is -0.383 e. The average molecular weight is 308 g/mol. The van der Waals surface area contributed by atoms with Crippen LogP contribution in [0.1, 0.15) is 45.6 Å². The number of aliphatic hydroxyl groups is 1. The SMILES string of the molecule is C[C@@H]1CCC[C@@H](C)C1NC(=O)NC[C@](C)(O)c1cnn(C)c1. The fourth-order valence-corrected chi connectivity index (χ4v) is 3.22. The van der Waals surface area contributed by atoms with Gasteiger partial charge in [0.2, 0.25) is 0 Å². The van der Waals surface area contributed by atoms with Crippen LogP contribution in [0.5, 0.6) is 0 Å². The predicted octanol–water partition coefficient (Wildman–Crippen LogP) is 1.75. The molecule has 1 aliphatic carbocycles. The second kappa shape index (κ2) is 6.69. The first-order chi connectivity index (χ1) is 10.3. The number of aryl methyl sites for hydroxylation is 1. The molecule has 6 nitrogen and oxygen atoms in total. The monoisotopic (exact) mass is 308 g/mol. The van der Waals surface area contributed by atoms with Gasteiger partial charge in [-0.2, -0.15) is 5.10 Å². The fraction of sp³-hybridized carbons (Fsp3) is 0.750. The van der Waals surface area contributed by atoms with Gasteiger partial charge in [0.15, 0.2) is 0 Å². The number of carbonyl (C=O) groups excluding carboxylic acids is 1. The van der Waals surface area contributed by atoms with E-state index in [9.17, 15) is 9.90 Å². The maximum absolute atomic E-state index is 12.1. The quantitative estimate of drug-likeness (QED) is 0.793. The molecule has 1 heterocycles. The maximum atomic E-state index is 12.1. The Hall–Kier alpha value is -1.56. The Morgan fingerprint density at radius 1 is 1.45 bits per heavy atom. The molecule has 0 aliphatic heterocycles. The third-order valence-electron chi connectivity index (χ3n) is 4.76. The summed E-state index contributed by atoms with van der Waals surface area (Å²) in [4.78, 5) is 12.1. The second-order valence-corrected chi connectivity index (χ2v) is 6.91. The van der Waals surface area contributed by atoms with Crippen molar-refractivity contribution in [1.29, 1.82) is 0 Å². The average Bonchev–Trinajstić information content (AvgIpc) is 2.88. The molecule has 1 aromatic heterocycles. The fourth-order valence-electron chi connectivity index (χ4n) is 3.22. The van der Waals surface area contributed by atoms with Crippen molar-refractivity contribution < 1.29 is 9.90 Å². The molecule has 3 N–H and O–H groups in total. The zero-order valence-electron chi connectivity index (χ0n) is 14.0. The molecule has 1 aromatic rings. The van der Waals surface area contributed by atoms with Gasteiger partial charge < -0.3 is 15.7 Å². The Kier molecular flexibility index (Phi) is 5.11. The van der Waals surface area contributed by atoms with Crippen molar-refractivity contribution in [3.63, 3.8) is 0 Å². The Balaban J connectivity index is 1.87. The number of urea groups is 1. The molecule has 0 radical (unpaired) electrons. The third kappa shape index (κ3) is 4.00. The van der Waals surface area contributed by atoms with Crippen LogP contribution in [0.2, 0.25) is 0 Å². The van der Waals surface area contributed by atoms with E-state index in [0.29, 0.717) is 17.4 Å². The molecule has 2 amide bonds. The van der Waals surface area contributed by atoms with E-state index in [-0.39, 0.29) is 18.6 Å². The van der Waals surface area contributed by atoms with Crippen LogP contribution in [0.25, 0.3) is 0 Å². The standard InChI is InChI=1S/C16H28N4O2/c1-11-6-5-7-12(2)14(11)19-15(21)17-10-16(3,22)13-8-18-20(4)9-13/h8-9,11-12,14,22H,5-7,10H2,1-4H3,(H2,17,19,21)/t11-,12-,16+/m1/s1.